The highest BCUT2D eigenvalue weighted by Crippen LogP contribution is 2.16. The van der Waals surface area contributed by atoms with E-state index in [-0.39, 0.29) is 30.8 Å². The van der Waals surface area contributed by atoms with E-state index in [1.807, 2.05) is 20.8 Å². The van der Waals surface area contributed by atoms with Gasteiger partial charge < -0.3 is 15.4 Å². The van der Waals surface area contributed by atoms with Gasteiger partial charge in [-0.2, -0.15) is 5.26 Å². The van der Waals surface area contributed by atoms with Gasteiger partial charge in [0.2, 0.25) is 11.8 Å². The molecule has 0 aliphatic rings. The fourth-order valence-electron chi connectivity index (χ4n) is 2.19. The number of anilines is 1. The Bertz CT molecular complexity index is 652. The Balaban J connectivity index is 2.58. The van der Waals surface area contributed by atoms with E-state index in [0.29, 0.717) is 18.0 Å². The normalized spacial score (nSPS) is 13.0. The van der Waals surface area contributed by atoms with Crippen LogP contribution in [0.5, 0.6) is 5.75 Å². The van der Waals surface area contributed by atoms with Crippen molar-refractivity contribution in [1.29, 1.82) is 5.26 Å². The number of likely N-dealkylation sites (N-methyl/N-ethyl adjacent to an activating group) is 1. The number of carbonyl (C=O) groups excluding carboxylic acids is 2. The number of hydrogen-bond donors (Lipinski definition) is 2. The predicted molar refractivity (Wildman–Crippen MR) is 101 cm³/mol. The van der Waals surface area contributed by atoms with Gasteiger partial charge in [-0.15, -0.1) is 0 Å². The van der Waals surface area contributed by atoms with Crippen molar-refractivity contribution in [2.45, 2.75) is 33.2 Å². The number of rotatable bonds is 9. The predicted octanol–water partition coefficient (Wildman–Crippen LogP) is 2.01. The number of nitrogens with one attached hydrogen (secondary N) is 2. The van der Waals surface area contributed by atoms with E-state index >= 15 is 0 Å². The fraction of sp³-hybridized carbons (Fsp3) is 0.526. The molecular weight excluding hydrogens is 332 g/mol. The number of hydrogen-bond acceptors (Lipinski definition) is 5. The smallest absolute Gasteiger partial charge is 0.238 e. The SMILES string of the molecule is CCN(CC(=O)Nc1ccc(OC)cc1)CC(=O)N[C@@](C)(C#N)C(C)C. The first-order chi connectivity index (χ1) is 12.2. The van der Waals surface area contributed by atoms with Crippen molar-refractivity contribution < 1.29 is 14.3 Å². The monoisotopic (exact) mass is 360 g/mol. The molecule has 26 heavy (non-hydrogen) atoms. The molecule has 7 nitrogen and oxygen atoms in total. The fourth-order valence-corrected chi connectivity index (χ4v) is 2.19. The molecule has 0 heterocycles. The lowest BCUT2D eigenvalue weighted by Crippen LogP contribution is -2.52. The van der Waals surface area contributed by atoms with Gasteiger partial charge in [-0.05, 0) is 43.7 Å². The van der Waals surface area contributed by atoms with E-state index in [4.69, 9.17) is 4.74 Å². The summed E-state index contributed by atoms with van der Waals surface area (Å²) in [7, 11) is 1.58. The summed E-state index contributed by atoms with van der Waals surface area (Å²) in [5.74, 6) is 0.198. The van der Waals surface area contributed by atoms with Crippen molar-refractivity contribution in [1.82, 2.24) is 10.2 Å². The molecular formula is C19H28N4O3. The van der Waals surface area contributed by atoms with Gasteiger partial charge in [-0.3, -0.25) is 14.5 Å². The molecule has 2 N–H and O–H groups in total. The molecule has 1 atom stereocenters. The lowest BCUT2D eigenvalue weighted by Gasteiger charge is -2.29. The summed E-state index contributed by atoms with van der Waals surface area (Å²) in [6, 6.07) is 9.16. The summed E-state index contributed by atoms with van der Waals surface area (Å²) in [6.07, 6.45) is 0. The molecule has 2 amide bonds. The zero-order chi connectivity index (χ0) is 19.7. The Kier molecular flexibility index (Phi) is 8.07. The van der Waals surface area contributed by atoms with Crippen LogP contribution in [-0.4, -0.2) is 49.0 Å². The molecule has 0 fully saturated rings. The molecule has 0 saturated carbocycles. The van der Waals surface area contributed by atoms with Crippen LogP contribution in [0.1, 0.15) is 27.7 Å². The van der Waals surface area contributed by atoms with Gasteiger partial charge in [0, 0.05) is 5.69 Å². The Labute approximate surface area is 155 Å². The highest BCUT2D eigenvalue weighted by molar-refractivity contribution is 5.92. The number of carbonyl (C=O) groups is 2. The van der Waals surface area contributed by atoms with Crippen LogP contribution < -0.4 is 15.4 Å². The van der Waals surface area contributed by atoms with Crippen LogP contribution in [-0.2, 0) is 9.59 Å². The summed E-state index contributed by atoms with van der Waals surface area (Å²) in [6.45, 7) is 8.00. The average Bonchev–Trinajstić information content (AvgIpc) is 2.61. The zero-order valence-electron chi connectivity index (χ0n) is 16.1. The Morgan fingerprint density at radius 2 is 1.81 bits per heavy atom. The third-order valence-corrected chi connectivity index (χ3v) is 4.34. The van der Waals surface area contributed by atoms with Gasteiger partial charge in [0.05, 0.1) is 26.3 Å². The second-order valence-corrected chi connectivity index (χ2v) is 6.60. The molecule has 0 saturated heterocycles. The van der Waals surface area contributed by atoms with Crippen LogP contribution in [0.25, 0.3) is 0 Å². The number of methoxy groups -OCH3 is 1. The van der Waals surface area contributed by atoms with Crippen molar-refractivity contribution in [2.24, 2.45) is 5.92 Å². The van der Waals surface area contributed by atoms with Gasteiger partial charge in [0.25, 0.3) is 0 Å². The molecule has 142 valence electrons. The Hall–Kier alpha value is -2.59. The molecule has 0 spiro atoms. The number of amides is 2. The molecule has 0 aromatic heterocycles. The molecule has 0 radical (unpaired) electrons. The number of nitrogens with zero attached hydrogens (tertiary/aromatic N) is 2. The minimum atomic E-state index is -0.929. The first-order valence-electron chi connectivity index (χ1n) is 8.62. The highest BCUT2D eigenvalue weighted by Gasteiger charge is 2.30. The van der Waals surface area contributed by atoms with Gasteiger partial charge in [0.1, 0.15) is 11.3 Å². The molecule has 0 bridgehead atoms. The lowest BCUT2D eigenvalue weighted by atomic mass is 9.90. The molecule has 1 rings (SSSR count). The van der Waals surface area contributed by atoms with E-state index in [2.05, 4.69) is 16.7 Å². The van der Waals surface area contributed by atoms with Crippen LogP contribution in [0.4, 0.5) is 5.69 Å². The molecule has 1 aromatic rings. The summed E-state index contributed by atoms with van der Waals surface area (Å²) in [5.41, 5.74) is -0.268. The van der Waals surface area contributed by atoms with E-state index in [9.17, 15) is 14.9 Å². The van der Waals surface area contributed by atoms with Crippen LogP contribution >= 0.6 is 0 Å². The van der Waals surface area contributed by atoms with Gasteiger partial charge in [-0.25, -0.2) is 0 Å². The summed E-state index contributed by atoms with van der Waals surface area (Å²) >= 11 is 0. The largest absolute Gasteiger partial charge is 0.497 e. The van der Waals surface area contributed by atoms with E-state index in [1.54, 1.807) is 43.2 Å². The Morgan fingerprint density at radius 1 is 1.23 bits per heavy atom. The Morgan fingerprint density at radius 3 is 2.27 bits per heavy atom. The second kappa shape index (κ2) is 9.78. The molecule has 0 aliphatic heterocycles. The maximum absolute atomic E-state index is 12.3. The van der Waals surface area contributed by atoms with Crippen molar-refractivity contribution in [2.75, 3.05) is 32.1 Å². The molecule has 0 aliphatic carbocycles. The minimum Gasteiger partial charge on any atom is -0.497 e. The quantitative estimate of drug-likeness (QED) is 0.702. The van der Waals surface area contributed by atoms with Crippen LogP contribution in [0.3, 0.4) is 0 Å². The van der Waals surface area contributed by atoms with E-state index < -0.39 is 5.54 Å². The van der Waals surface area contributed by atoms with Crippen molar-refractivity contribution in [3.05, 3.63) is 24.3 Å². The molecule has 1 aromatic carbocycles. The van der Waals surface area contributed by atoms with Crippen LogP contribution in [0.15, 0.2) is 24.3 Å². The standard InChI is InChI=1S/C19H28N4O3/c1-6-23(12-18(25)22-19(4,13-20)14(2)3)11-17(24)21-15-7-9-16(26-5)10-8-15/h7-10,14H,6,11-12H2,1-5H3,(H,21,24)(H,22,25)/t19-/m0/s1. The lowest BCUT2D eigenvalue weighted by molar-refractivity contribution is -0.124. The molecule has 7 heteroatoms. The number of benzene rings is 1. The second-order valence-electron chi connectivity index (χ2n) is 6.60. The maximum atomic E-state index is 12.3. The van der Waals surface area contributed by atoms with Gasteiger partial charge >= 0.3 is 0 Å². The van der Waals surface area contributed by atoms with E-state index in [0.717, 1.165) is 0 Å². The van der Waals surface area contributed by atoms with Crippen LogP contribution in [0.2, 0.25) is 0 Å². The average molecular weight is 360 g/mol. The first kappa shape index (κ1) is 21.5. The number of ether oxygens (including phenoxy) is 1. The third kappa shape index (κ3) is 6.37. The summed E-state index contributed by atoms with van der Waals surface area (Å²) in [5, 5.41) is 14.8. The van der Waals surface area contributed by atoms with Crippen molar-refractivity contribution >= 4 is 17.5 Å². The van der Waals surface area contributed by atoms with Crippen molar-refractivity contribution in [3.63, 3.8) is 0 Å². The number of nitriles is 1. The zero-order valence-corrected chi connectivity index (χ0v) is 16.1. The highest BCUT2D eigenvalue weighted by atomic mass is 16.5. The third-order valence-electron chi connectivity index (χ3n) is 4.34. The minimum absolute atomic E-state index is 0.0232. The molecule has 0 unspecified atom stereocenters. The van der Waals surface area contributed by atoms with Crippen LogP contribution in [0, 0.1) is 17.2 Å². The topological polar surface area (TPSA) is 94.5 Å². The maximum Gasteiger partial charge on any atom is 0.238 e. The summed E-state index contributed by atoms with van der Waals surface area (Å²) in [4.78, 5) is 26.2. The van der Waals surface area contributed by atoms with Crippen molar-refractivity contribution in [3.8, 4) is 11.8 Å². The van der Waals surface area contributed by atoms with Gasteiger partial charge in [0.15, 0.2) is 0 Å². The first-order valence-corrected chi connectivity index (χ1v) is 8.62. The van der Waals surface area contributed by atoms with Gasteiger partial charge in [-0.1, -0.05) is 20.8 Å². The summed E-state index contributed by atoms with van der Waals surface area (Å²) < 4.78 is 5.08. The van der Waals surface area contributed by atoms with E-state index in [1.165, 1.54) is 0 Å².